The summed E-state index contributed by atoms with van der Waals surface area (Å²) >= 11 is 0. The lowest BCUT2D eigenvalue weighted by atomic mass is 9.96. The van der Waals surface area contributed by atoms with Gasteiger partial charge >= 0.3 is 6.01 Å². The summed E-state index contributed by atoms with van der Waals surface area (Å²) in [4.78, 5) is 23.0. The molecule has 0 atom stereocenters. The highest BCUT2D eigenvalue weighted by Crippen LogP contribution is 2.20. The first-order chi connectivity index (χ1) is 13.7. The minimum absolute atomic E-state index is 0.0774. The molecule has 0 saturated carbocycles. The second-order valence-corrected chi connectivity index (χ2v) is 6.92. The summed E-state index contributed by atoms with van der Waals surface area (Å²) < 4.78 is 8.31. The van der Waals surface area contributed by atoms with Crippen LogP contribution in [0.2, 0.25) is 0 Å². The SMILES string of the molecule is COc1nccc(CN2CCC(Cn3nc(-n4cccn4)ccc3=O)CC2)n1. The molecule has 1 saturated heterocycles. The third-order valence-electron chi connectivity index (χ3n) is 4.99. The molecule has 9 nitrogen and oxygen atoms in total. The van der Waals surface area contributed by atoms with Gasteiger partial charge in [-0.05, 0) is 50.0 Å². The highest BCUT2D eigenvalue weighted by atomic mass is 16.5. The Morgan fingerprint density at radius 3 is 2.79 bits per heavy atom. The fourth-order valence-corrected chi connectivity index (χ4v) is 3.46. The molecule has 0 N–H and O–H groups in total. The van der Waals surface area contributed by atoms with Gasteiger partial charge in [-0.3, -0.25) is 9.69 Å². The maximum absolute atomic E-state index is 12.2. The maximum atomic E-state index is 12.2. The molecule has 146 valence electrons. The largest absolute Gasteiger partial charge is 0.467 e. The Bertz CT molecular complexity index is 962. The number of ether oxygens (including phenoxy) is 1. The molecule has 1 fully saturated rings. The summed E-state index contributed by atoms with van der Waals surface area (Å²) in [7, 11) is 1.57. The van der Waals surface area contributed by atoms with E-state index in [1.54, 1.807) is 41.0 Å². The van der Waals surface area contributed by atoms with Crippen LogP contribution < -0.4 is 10.3 Å². The molecular formula is C19H23N7O2. The van der Waals surface area contributed by atoms with Crippen LogP contribution >= 0.6 is 0 Å². The van der Waals surface area contributed by atoms with Crippen LogP contribution in [0.15, 0.2) is 47.7 Å². The lowest BCUT2D eigenvalue weighted by molar-refractivity contribution is 0.161. The van der Waals surface area contributed by atoms with Crippen LogP contribution in [-0.4, -0.2) is 54.6 Å². The molecule has 1 aliphatic heterocycles. The average molecular weight is 381 g/mol. The Morgan fingerprint density at radius 2 is 2.04 bits per heavy atom. The smallest absolute Gasteiger partial charge is 0.316 e. The molecule has 3 aromatic rings. The Labute approximate surface area is 162 Å². The molecule has 28 heavy (non-hydrogen) atoms. The van der Waals surface area contributed by atoms with Gasteiger partial charge in [-0.25, -0.2) is 14.3 Å². The van der Waals surface area contributed by atoms with Gasteiger partial charge in [-0.15, -0.1) is 5.10 Å². The number of piperidine rings is 1. The molecule has 0 radical (unpaired) electrons. The fourth-order valence-electron chi connectivity index (χ4n) is 3.46. The van der Waals surface area contributed by atoms with E-state index in [0.717, 1.165) is 38.2 Å². The molecule has 0 unspecified atom stereocenters. The van der Waals surface area contributed by atoms with Crippen molar-refractivity contribution in [2.75, 3.05) is 20.2 Å². The molecule has 4 heterocycles. The minimum Gasteiger partial charge on any atom is -0.467 e. The van der Waals surface area contributed by atoms with Crippen molar-refractivity contribution in [3.8, 4) is 11.8 Å². The Kier molecular flexibility index (Phi) is 5.43. The van der Waals surface area contributed by atoms with Crippen LogP contribution in [-0.2, 0) is 13.1 Å². The predicted molar refractivity (Wildman–Crippen MR) is 102 cm³/mol. The molecule has 1 aliphatic rings. The number of rotatable bonds is 6. The van der Waals surface area contributed by atoms with Crippen molar-refractivity contribution in [1.29, 1.82) is 0 Å². The van der Waals surface area contributed by atoms with Gasteiger partial charge in [0, 0.05) is 37.7 Å². The molecule has 9 heteroatoms. The first kappa shape index (κ1) is 18.3. The Morgan fingerprint density at radius 1 is 1.18 bits per heavy atom. The lowest BCUT2D eigenvalue weighted by Gasteiger charge is -2.31. The minimum atomic E-state index is -0.0774. The van der Waals surface area contributed by atoms with Crippen molar-refractivity contribution in [1.82, 2.24) is 34.4 Å². The zero-order valence-electron chi connectivity index (χ0n) is 15.8. The summed E-state index contributed by atoms with van der Waals surface area (Å²) in [5.41, 5.74) is 0.876. The normalized spacial score (nSPS) is 15.6. The first-order valence-corrected chi connectivity index (χ1v) is 9.38. The number of hydrogen-bond donors (Lipinski definition) is 0. The van der Waals surface area contributed by atoms with Crippen LogP contribution in [0.25, 0.3) is 5.82 Å². The standard InChI is InChI=1S/C19H23N7O2/c1-28-19-20-9-5-16(22-19)14-24-11-6-15(7-12-24)13-26-18(27)4-3-17(23-26)25-10-2-8-21-25/h2-5,8-10,15H,6-7,11-14H2,1H3. The highest BCUT2D eigenvalue weighted by molar-refractivity contribution is 5.17. The van der Waals surface area contributed by atoms with Gasteiger partial charge in [-0.2, -0.15) is 10.1 Å². The third kappa shape index (κ3) is 4.25. The Balaban J connectivity index is 1.35. The lowest BCUT2D eigenvalue weighted by Crippen LogP contribution is -2.36. The number of aromatic nitrogens is 6. The van der Waals surface area contributed by atoms with Crippen molar-refractivity contribution in [2.45, 2.75) is 25.9 Å². The van der Waals surface area contributed by atoms with E-state index in [1.807, 2.05) is 18.3 Å². The predicted octanol–water partition coefficient (Wildman–Crippen LogP) is 1.14. The third-order valence-corrected chi connectivity index (χ3v) is 4.99. The summed E-state index contributed by atoms with van der Waals surface area (Å²) in [5.74, 6) is 1.08. The van der Waals surface area contributed by atoms with E-state index in [9.17, 15) is 4.79 Å². The molecule has 0 aromatic carbocycles. The van der Waals surface area contributed by atoms with Crippen molar-refractivity contribution in [3.63, 3.8) is 0 Å². The number of likely N-dealkylation sites (tertiary alicyclic amines) is 1. The van der Waals surface area contributed by atoms with E-state index in [1.165, 1.54) is 0 Å². The van der Waals surface area contributed by atoms with Gasteiger partial charge in [0.05, 0.1) is 12.8 Å². The summed E-state index contributed by atoms with van der Waals surface area (Å²) in [5, 5.41) is 8.65. The quantitative estimate of drug-likeness (QED) is 0.632. The van der Waals surface area contributed by atoms with Crippen molar-refractivity contribution in [3.05, 3.63) is 58.9 Å². The van der Waals surface area contributed by atoms with Gasteiger partial charge in [0.25, 0.3) is 5.56 Å². The second-order valence-electron chi connectivity index (χ2n) is 6.92. The van der Waals surface area contributed by atoms with Crippen molar-refractivity contribution in [2.24, 2.45) is 5.92 Å². The van der Waals surface area contributed by atoms with E-state index in [2.05, 4.69) is 25.1 Å². The van der Waals surface area contributed by atoms with Crippen molar-refractivity contribution < 1.29 is 4.74 Å². The summed E-state index contributed by atoms with van der Waals surface area (Å²) in [6.07, 6.45) is 7.27. The average Bonchev–Trinajstić information content (AvgIpc) is 3.26. The zero-order valence-corrected chi connectivity index (χ0v) is 15.8. The van der Waals surface area contributed by atoms with Gasteiger partial charge < -0.3 is 4.74 Å². The van der Waals surface area contributed by atoms with Gasteiger partial charge in [0.2, 0.25) is 0 Å². The number of nitrogens with zero attached hydrogens (tertiary/aromatic N) is 7. The monoisotopic (exact) mass is 381 g/mol. The van der Waals surface area contributed by atoms with E-state index in [-0.39, 0.29) is 5.56 Å². The van der Waals surface area contributed by atoms with E-state index >= 15 is 0 Å². The van der Waals surface area contributed by atoms with Crippen LogP contribution in [0.3, 0.4) is 0 Å². The van der Waals surface area contributed by atoms with Crippen molar-refractivity contribution >= 4 is 0 Å². The fraction of sp³-hybridized carbons (Fsp3) is 0.421. The Hall–Kier alpha value is -3.07. The molecular weight excluding hydrogens is 358 g/mol. The molecule has 0 amide bonds. The second kappa shape index (κ2) is 8.30. The van der Waals surface area contributed by atoms with E-state index < -0.39 is 0 Å². The van der Waals surface area contributed by atoms with Crippen LogP contribution in [0.1, 0.15) is 18.5 Å². The van der Waals surface area contributed by atoms with E-state index in [0.29, 0.717) is 24.3 Å². The molecule has 0 aliphatic carbocycles. The zero-order chi connectivity index (χ0) is 19.3. The number of methoxy groups -OCH3 is 1. The van der Waals surface area contributed by atoms with Gasteiger partial charge in [-0.1, -0.05) is 0 Å². The summed E-state index contributed by atoms with van der Waals surface area (Å²) in [6.45, 7) is 3.33. The molecule has 0 spiro atoms. The van der Waals surface area contributed by atoms with Gasteiger partial charge in [0.15, 0.2) is 5.82 Å². The summed E-state index contributed by atoms with van der Waals surface area (Å²) in [6, 6.07) is 7.40. The topological polar surface area (TPSA) is 91.0 Å². The van der Waals surface area contributed by atoms with E-state index in [4.69, 9.17) is 4.74 Å². The molecule has 4 rings (SSSR count). The number of hydrogen-bond acceptors (Lipinski definition) is 7. The van der Waals surface area contributed by atoms with Crippen LogP contribution in [0, 0.1) is 5.92 Å². The highest BCUT2D eigenvalue weighted by Gasteiger charge is 2.21. The van der Waals surface area contributed by atoms with Crippen LogP contribution in [0.5, 0.6) is 6.01 Å². The van der Waals surface area contributed by atoms with Gasteiger partial charge in [0.1, 0.15) is 0 Å². The van der Waals surface area contributed by atoms with Crippen LogP contribution in [0.4, 0.5) is 0 Å². The molecule has 0 bridgehead atoms. The first-order valence-electron chi connectivity index (χ1n) is 9.38. The molecule has 3 aromatic heterocycles. The maximum Gasteiger partial charge on any atom is 0.316 e.